The van der Waals surface area contributed by atoms with Gasteiger partial charge in [0.2, 0.25) is 0 Å². The van der Waals surface area contributed by atoms with Crippen LogP contribution in [0, 0.1) is 0 Å². The van der Waals surface area contributed by atoms with Gasteiger partial charge in [0, 0.05) is 17.4 Å². The maximum Gasteiger partial charge on any atom is 0.310 e. The van der Waals surface area contributed by atoms with E-state index in [1.54, 1.807) is 67.6 Å². The van der Waals surface area contributed by atoms with Crippen molar-refractivity contribution in [2.45, 2.75) is 13.3 Å². The molecule has 0 amide bonds. The van der Waals surface area contributed by atoms with Gasteiger partial charge in [0.25, 0.3) is 0 Å². The van der Waals surface area contributed by atoms with Gasteiger partial charge < -0.3 is 19.7 Å². The highest BCUT2D eigenvalue weighted by Gasteiger charge is 2.14. The Labute approximate surface area is 173 Å². The summed E-state index contributed by atoms with van der Waals surface area (Å²) in [5, 5.41) is 21.4. The molecule has 0 atom stereocenters. The molecule has 0 radical (unpaired) electrons. The minimum Gasteiger partial charge on any atom is -0.508 e. The number of carbonyl (C=O) groups is 1. The SMILES string of the molecule is CCC(=O)Oc1ccc(Oc2c(-c3cccc(O)c3)ccc3cc(O)ccc23)cc1. The summed E-state index contributed by atoms with van der Waals surface area (Å²) in [7, 11) is 0. The van der Waals surface area contributed by atoms with Crippen molar-refractivity contribution in [2.75, 3.05) is 0 Å². The van der Waals surface area contributed by atoms with Crippen molar-refractivity contribution in [1.29, 1.82) is 0 Å². The Morgan fingerprint density at radius 2 is 1.57 bits per heavy atom. The Morgan fingerprint density at radius 3 is 2.30 bits per heavy atom. The van der Waals surface area contributed by atoms with E-state index in [0.29, 0.717) is 23.7 Å². The fraction of sp³-hybridized carbons (Fsp3) is 0.0800. The molecular formula is C25H20O5. The maximum atomic E-state index is 11.5. The molecule has 5 heteroatoms. The number of rotatable bonds is 5. The molecule has 0 heterocycles. The zero-order valence-electron chi connectivity index (χ0n) is 16.3. The molecule has 0 spiro atoms. The number of hydrogen-bond acceptors (Lipinski definition) is 5. The van der Waals surface area contributed by atoms with Gasteiger partial charge in [0.1, 0.15) is 28.7 Å². The molecular weight excluding hydrogens is 380 g/mol. The van der Waals surface area contributed by atoms with Crippen LogP contribution in [0.15, 0.2) is 78.9 Å². The lowest BCUT2D eigenvalue weighted by molar-refractivity contribution is -0.134. The lowest BCUT2D eigenvalue weighted by Crippen LogP contribution is -2.05. The second kappa shape index (κ2) is 8.17. The molecule has 0 aromatic heterocycles. The van der Waals surface area contributed by atoms with Crippen LogP contribution in [0.2, 0.25) is 0 Å². The Morgan fingerprint density at radius 1 is 0.833 bits per heavy atom. The first kappa shape index (κ1) is 19.3. The highest BCUT2D eigenvalue weighted by atomic mass is 16.5. The van der Waals surface area contributed by atoms with Crippen molar-refractivity contribution in [3.8, 4) is 39.9 Å². The van der Waals surface area contributed by atoms with Crippen LogP contribution in [0.4, 0.5) is 0 Å². The van der Waals surface area contributed by atoms with Gasteiger partial charge in [-0.2, -0.15) is 0 Å². The summed E-state index contributed by atoms with van der Waals surface area (Å²) in [6, 6.07) is 22.6. The van der Waals surface area contributed by atoms with Crippen molar-refractivity contribution in [3.05, 3.63) is 78.9 Å². The molecule has 5 nitrogen and oxygen atoms in total. The minimum absolute atomic E-state index is 0.159. The summed E-state index contributed by atoms with van der Waals surface area (Å²) in [5.74, 6) is 1.63. The smallest absolute Gasteiger partial charge is 0.310 e. The van der Waals surface area contributed by atoms with Crippen molar-refractivity contribution in [3.63, 3.8) is 0 Å². The Balaban J connectivity index is 1.78. The van der Waals surface area contributed by atoms with Gasteiger partial charge >= 0.3 is 5.97 Å². The molecule has 2 N–H and O–H groups in total. The number of hydrogen-bond donors (Lipinski definition) is 2. The zero-order chi connectivity index (χ0) is 21.1. The number of ether oxygens (including phenoxy) is 2. The van der Waals surface area contributed by atoms with E-state index in [-0.39, 0.29) is 17.5 Å². The van der Waals surface area contributed by atoms with Crippen molar-refractivity contribution in [1.82, 2.24) is 0 Å². The summed E-state index contributed by atoms with van der Waals surface area (Å²) in [4.78, 5) is 11.5. The summed E-state index contributed by atoms with van der Waals surface area (Å²) in [5.41, 5.74) is 1.60. The van der Waals surface area contributed by atoms with Crippen LogP contribution in [-0.4, -0.2) is 16.2 Å². The molecule has 0 unspecified atom stereocenters. The van der Waals surface area contributed by atoms with E-state index >= 15 is 0 Å². The molecule has 0 bridgehead atoms. The first-order chi connectivity index (χ1) is 14.5. The van der Waals surface area contributed by atoms with Crippen LogP contribution in [0.5, 0.6) is 28.7 Å². The molecule has 0 saturated heterocycles. The lowest BCUT2D eigenvalue weighted by atomic mass is 9.99. The van der Waals surface area contributed by atoms with E-state index in [2.05, 4.69) is 0 Å². The molecule has 4 aromatic rings. The topological polar surface area (TPSA) is 76.0 Å². The molecule has 0 aliphatic heterocycles. The summed E-state index contributed by atoms with van der Waals surface area (Å²) in [6.45, 7) is 1.74. The molecule has 150 valence electrons. The van der Waals surface area contributed by atoms with Crippen LogP contribution < -0.4 is 9.47 Å². The maximum absolute atomic E-state index is 11.5. The van der Waals surface area contributed by atoms with E-state index < -0.39 is 0 Å². The van der Waals surface area contributed by atoms with Gasteiger partial charge in [0.05, 0.1) is 0 Å². The van der Waals surface area contributed by atoms with E-state index in [1.807, 2.05) is 18.2 Å². The number of phenolic OH excluding ortho intramolecular Hbond substituents is 2. The predicted molar refractivity (Wildman–Crippen MR) is 115 cm³/mol. The second-order valence-electron chi connectivity index (χ2n) is 6.80. The Kier molecular flexibility index (Phi) is 5.26. The number of benzene rings is 4. The predicted octanol–water partition coefficient (Wildman–Crippen LogP) is 6.03. The second-order valence-corrected chi connectivity index (χ2v) is 6.80. The molecule has 30 heavy (non-hydrogen) atoms. The van der Waals surface area contributed by atoms with E-state index in [4.69, 9.17) is 9.47 Å². The first-order valence-corrected chi connectivity index (χ1v) is 9.57. The first-order valence-electron chi connectivity index (χ1n) is 9.57. The van der Waals surface area contributed by atoms with Crippen LogP contribution in [-0.2, 0) is 4.79 Å². The van der Waals surface area contributed by atoms with Gasteiger partial charge in [-0.05, 0) is 71.6 Å². The Bertz CT molecular complexity index is 1210. The van der Waals surface area contributed by atoms with Gasteiger partial charge in [-0.25, -0.2) is 0 Å². The number of fused-ring (bicyclic) bond motifs is 1. The largest absolute Gasteiger partial charge is 0.508 e. The number of aromatic hydroxyl groups is 2. The molecule has 0 aliphatic carbocycles. The average Bonchev–Trinajstić information content (AvgIpc) is 2.75. The zero-order valence-corrected chi connectivity index (χ0v) is 16.3. The highest BCUT2D eigenvalue weighted by Crippen LogP contribution is 2.41. The van der Waals surface area contributed by atoms with Crippen molar-refractivity contribution < 1.29 is 24.5 Å². The third-order valence-corrected chi connectivity index (χ3v) is 4.68. The minimum atomic E-state index is -0.302. The van der Waals surface area contributed by atoms with Crippen LogP contribution in [0.1, 0.15) is 13.3 Å². The fourth-order valence-electron chi connectivity index (χ4n) is 3.20. The number of esters is 1. The average molecular weight is 400 g/mol. The number of carbonyl (C=O) groups excluding carboxylic acids is 1. The molecule has 0 saturated carbocycles. The van der Waals surface area contributed by atoms with E-state index in [1.165, 1.54) is 0 Å². The normalized spacial score (nSPS) is 10.7. The van der Waals surface area contributed by atoms with Crippen LogP contribution in [0.25, 0.3) is 21.9 Å². The lowest BCUT2D eigenvalue weighted by Gasteiger charge is -2.15. The summed E-state index contributed by atoms with van der Waals surface area (Å²) < 4.78 is 11.4. The summed E-state index contributed by atoms with van der Waals surface area (Å²) >= 11 is 0. The molecule has 0 aliphatic rings. The standard InChI is InChI=1S/C25H20O5/c1-2-24(28)29-20-8-10-21(11-9-20)30-25-22(16-4-3-5-18(26)14-16)12-6-17-15-19(27)7-13-23(17)25/h3-15,26-27H,2H2,1H3. The Hall–Kier alpha value is -3.99. The van der Waals surface area contributed by atoms with Gasteiger partial charge in [-0.1, -0.05) is 25.1 Å². The fourth-order valence-corrected chi connectivity index (χ4v) is 3.20. The van der Waals surface area contributed by atoms with Crippen molar-refractivity contribution >= 4 is 16.7 Å². The van der Waals surface area contributed by atoms with Crippen LogP contribution in [0.3, 0.4) is 0 Å². The molecule has 0 fully saturated rings. The molecule has 4 aromatic carbocycles. The highest BCUT2D eigenvalue weighted by molar-refractivity contribution is 5.96. The quantitative estimate of drug-likeness (QED) is 0.316. The van der Waals surface area contributed by atoms with Gasteiger partial charge in [-0.3, -0.25) is 4.79 Å². The van der Waals surface area contributed by atoms with Crippen molar-refractivity contribution in [2.24, 2.45) is 0 Å². The van der Waals surface area contributed by atoms with E-state index in [0.717, 1.165) is 21.9 Å². The monoisotopic (exact) mass is 400 g/mol. The summed E-state index contributed by atoms with van der Waals surface area (Å²) in [6.07, 6.45) is 0.300. The van der Waals surface area contributed by atoms with Gasteiger partial charge in [-0.15, -0.1) is 0 Å². The van der Waals surface area contributed by atoms with Gasteiger partial charge in [0.15, 0.2) is 0 Å². The van der Waals surface area contributed by atoms with Crippen LogP contribution >= 0.6 is 0 Å². The third-order valence-electron chi connectivity index (χ3n) is 4.68. The molecule has 4 rings (SSSR count). The number of phenols is 2. The third kappa shape index (κ3) is 4.05. The van der Waals surface area contributed by atoms with E-state index in [9.17, 15) is 15.0 Å².